The maximum Gasteiger partial charge on any atom is 0.121 e. The van der Waals surface area contributed by atoms with Crippen LogP contribution in [0.25, 0.3) is 0 Å². The number of nitrogens with two attached hydrogens (primary N) is 1. The molecule has 0 aliphatic carbocycles. The maximum absolute atomic E-state index is 9.89. The van der Waals surface area contributed by atoms with Crippen molar-refractivity contribution in [1.82, 2.24) is 0 Å². The first-order valence-corrected chi connectivity index (χ1v) is 7.54. The summed E-state index contributed by atoms with van der Waals surface area (Å²) in [5, 5.41) is 10.6. The molecule has 0 fully saturated rings. The number of halogens is 1. The van der Waals surface area contributed by atoms with Gasteiger partial charge in [0.25, 0.3) is 0 Å². The highest BCUT2D eigenvalue weighted by atomic mass is 35.5. The van der Waals surface area contributed by atoms with Crippen LogP contribution in [-0.4, -0.2) is 23.6 Å². The summed E-state index contributed by atoms with van der Waals surface area (Å²) in [6, 6.07) is 14.7. The Morgan fingerprint density at radius 1 is 1.20 bits per heavy atom. The van der Waals surface area contributed by atoms with Gasteiger partial charge in [-0.05, 0) is 36.4 Å². The van der Waals surface area contributed by atoms with Gasteiger partial charge in [-0.15, -0.1) is 11.8 Å². The van der Waals surface area contributed by atoms with Gasteiger partial charge in [-0.2, -0.15) is 0 Å². The van der Waals surface area contributed by atoms with Crippen molar-refractivity contribution in [2.75, 3.05) is 18.1 Å². The van der Waals surface area contributed by atoms with Gasteiger partial charge in [-0.25, -0.2) is 0 Å². The van der Waals surface area contributed by atoms with E-state index in [9.17, 15) is 5.11 Å². The van der Waals surface area contributed by atoms with Crippen LogP contribution in [0, 0.1) is 0 Å². The van der Waals surface area contributed by atoms with E-state index in [4.69, 9.17) is 22.1 Å². The van der Waals surface area contributed by atoms with Crippen LogP contribution in [0.5, 0.6) is 5.75 Å². The van der Waals surface area contributed by atoms with Gasteiger partial charge in [-0.1, -0.05) is 17.7 Å². The minimum absolute atomic E-state index is 0.240. The van der Waals surface area contributed by atoms with Crippen molar-refractivity contribution >= 4 is 29.1 Å². The molecule has 0 heterocycles. The standard InChI is InChI=1S/C15H16ClNO2S/c16-11-4-6-15(7-5-11)20-10-13(18)9-19-14-3-1-2-12(17)8-14/h1-8,13,18H,9-10,17H2. The van der Waals surface area contributed by atoms with Gasteiger partial charge in [0.15, 0.2) is 0 Å². The van der Waals surface area contributed by atoms with Crippen LogP contribution in [0.4, 0.5) is 5.69 Å². The normalized spacial score (nSPS) is 12.1. The van der Waals surface area contributed by atoms with E-state index in [0.29, 0.717) is 22.2 Å². The summed E-state index contributed by atoms with van der Waals surface area (Å²) in [5.41, 5.74) is 6.30. The molecule has 1 atom stereocenters. The molecule has 3 nitrogen and oxygen atoms in total. The molecule has 20 heavy (non-hydrogen) atoms. The third-order valence-corrected chi connectivity index (χ3v) is 3.97. The zero-order valence-electron chi connectivity index (χ0n) is 10.8. The van der Waals surface area contributed by atoms with E-state index in [0.717, 1.165) is 4.90 Å². The topological polar surface area (TPSA) is 55.5 Å². The molecule has 0 spiro atoms. The van der Waals surface area contributed by atoms with Gasteiger partial charge in [0.2, 0.25) is 0 Å². The average molecular weight is 310 g/mol. The van der Waals surface area contributed by atoms with E-state index in [2.05, 4.69) is 0 Å². The summed E-state index contributed by atoms with van der Waals surface area (Å²) in [5.74, 6) is 1.23. The highest BCUT2D eigenvalue weighted by molar-refractivity contribution is 7.99. The van der Waals surface area contributed by atoms with Gasteiger partial charge in [0.05, 0.1) is 6.10 Å². The fourth-order valence-corrected chi connectivity index (χ4v) is 2.50. The number of hydrogen-bond donors (Lipinski definition) is 2. The van der Waals surface area contributed by atoms with Crippen molar-refractivity contribution in [3.63, 3.8) is 0 Å². The predicted molar refractivity (Wildman–Crippen MR) is 84.5 cm³/mol. The molecular formula is C15H16ClNO2S. The molecule has 0 aliphatic rings. The van der Waals surface area contributed by atoms with Gasteiger partial charge < -0.3 is 15.6 Å². The highest BCUT2D eigenvalue weighted by Gasteiger charge is 2.06. The lowest BCUT2D eigenvalue weighted by molar-refractivity contribution is 0.126. The van der Waals surface area contributed by atoms with Crippen LogP contribution in [0.2, 0.25) is 5.02 Å². The number of hydrogen-bond acceptors (Lipinski definition) is 4. The smallest absolute Gasteiger partial charge is 0.121 e. The minimum atomic E-state index is -0.544. The Morgan fingerprint density at radius 2 is 1.95 bits per heavy atom. The summed E-state index contributed by atoms with van der Waals surface area (Å²) in [4.78, 5) is 1.07. The Bertz CT molecular complexity index is 548. The first kappa shape index (κ1) is 15.0. The average Bonchev–Trinajstić information content (AvgIpc) is 2.45. The van der Waals surface area contributed by atoms with Crippen molar-refractivity contribution in [2.24, 2.45) is 0 Å². The van der Waals surface area contributed by atoms with Crippen LogP contribution in [0.1, 0.15) is 0 Å². The second-order valence-electron chi connectivity index (χ2n) is 4.30. The first-order chi connectivity index (χ1) is 9.63. The van der Waals surface area contributed by atoms with Crippen LogP contribution >= 0.6 is 23.4 Å². The summed E-state index contributed by atoms with van der Waals surface area (Å²) in [6.45, 7) is 0.240. The first-order valence-electron chi connectivity index (χ1n) is 6.18. The Kier molecular flexibility index (Phi) is 5.59. The zero-order chi connectivity index (χ0) is 14.4. The number of thioether (sulfide) groups is 1. The van der Waals surface area contributed by atoms with Crippen LogP contribution in [0.3, 0.4) is 0 Å². The van der Waals surface area contributed by atoms with Gasteiger partial charge in [0, 0.05) is 27.4 Å². The molecule has 1 unspecified atom stereocenters. The Morgan fingerprint density at radius 3 is 2.65 bits per heavy atom. The number of aliphatic hydroxyl groups is 1. The molecule has 3 N–H and O–H groups in total. The Labute approximate surface area is 127 Å². The molecule has 0 radical (unpaired) electrons. The third-order valence-electron chi connectivity index (χ3n) is 2.56. The van der Waals surface area contributed by atoms with Crippen molar-refractivity contribution in [3.05, 3.63) is 53.6 Å². The lowest BCUT2D eigenvalue weighted by Gasteiger charge is -2.12. The Balaban J connectivity index is 1.75. The van der Waals surface area contributed by atoms with Gasteiger partial charge in [-0.3, -0.25) is 0 Å². The van der Waals surface area contributed by atoms with E-state index >= 15 is 0 Å². The van der Waals surface area contributed by atoms with Gasteiger partial charge >= 0.3 is 0 Å². The van der Waals surface area contributed by atoms with E-state index in [1.807, 2.05) is 36.4 Å². The summed E-state index contributed by atoms with van der Waals surface area (Å²) in [6.07, 6.45) is -0.544. The van der Waals surface area contributed by atoms with E-state index in [-0.39, 0.29) is 6.61 Å². The molecule has 0 amide bonds. The van der Waals surface area contributed by atoms with Gasteiger partial charge in [0.1, 0.15) is 12.4 Å². The molecule has 0 bridgehead atoms. The number of ether oxygens (including phenoxy) is 1. The summed E-state index contributed by atoms with van der Waals surface area (Å²) in [7, 11) is 0. The third kappa shape index (κ3) is 4.96. The number of anilines is 1. The quantitative estimate of drug-likeness (QED) is 0.634. The van der Waals surface area contributed by atoms with Crippen LogP contribution in [-0.2, 0) is 0 Å². The van der Waals surface area contributed by atoms with Crippen molar-refractivity contribution in [2.45, 2.75) is 11.0 Å². The van der Waals surface area contributed by atoms with Crippen molar-refractivity contribution in [1.29, 1.82) is 0 Å². The number of nitrogen functional groups attached to an aromatic ring is 1. The molecule has 2 rings (SSSR count). The fraction of sp³-hybridized carbons (Fsp3) is 0.200. The number of aliphatic hydroxyl groups excluding tert-OH is 1. The van der Waals surface area contributed by atoms with Crippen LogP contribution in [0.15, 0.2) is 53.4 Å². The lowest BCUT2D eigenvalue weighted by atomic mass is 10.3. The van der Waals surface area contributed by atoms with Crippen LogP contribution < -0.4 is 10.5 Å². The largest absolute Gasteiger partial charge is 0.491 e. The van der Waals surface area contributed by atoms with E-state index in [1.54, 1.807) is 23.9 Å². The Hall–Kier alpha value is -1.36. The molecule has 0 saturated carbocycles. The second-order valence-corrected chi connectivity index (χ2v) is 5.83. The molecule has 2 aromatic rings. The summed E-state index contributed by atoms with van der Waals surface area (Å²) >= 11 is 7.38. The number of benzene rings is 2. The molecule has 0 saturated heterocycles. The SMILES string of the molecule is Nc1cccc(OCC(O)CSc2ccc(Cl)cc2)c1. The molecule has 106 valence electrons. The monoisotopic (exact) mass is 309 g/mol. The highest BCUT2D eigenvalue weighted by Crippen LogP contribution is 2.21. The lowest BCUT2D eigenvalue weighted by Crippen LogP contribution is -2.20. The minimum Gasteiger partial charge on any atom is -0.491 e. The molecule has 0 aromatic heterocycles. The summed E-state index contributed by atoms with van der Waals surface area (Å²) < 4.78 is 5.49. The molecule has 5 heteroatoms. The number of rotatable bonds is 6. The van der Waals surface area contributed by atoms with Crippen molar-refractivity contribution < 1.29 is 9.84 Å². The molecule has 0 aliphatic heterocycles. The zero-order valence-corrected chi connectivity index (χ0v) is 12.4. The fourth-order valence-electron chi connectivity index (χ4n) is 1.57. The van der Waals surface area contributed by atoms with E-state index in [1.165, 1.54) is 0 Å². The molecular weight excluding hydrogens is 294 g/mol. The van der Waals surface area contributed by atoms with Crippen molar-refractivity contribution in [3.8, 4) is 5.75 Å². The predicted octanol–water partition coefficient (Wildman–Crippen LogP) is 3.45. The molecule has 2 aromatic carbocycles. The second kappa shape index (κ2) is 7.43. The van der Waals surface area contributed by atoms with E-state index < -0.39 is 6.10 Å². The maximum atomic E-state index is 9.89.